The van der Waals surface area contributed by atoms with E-state index in [4.69, 9.17) is 0 Å². The van der Waals surface area contributed by atoms with Crippen molar-refractivity contribution in [3.05, 3.63) is 60.2 Å². The SMILES string of the molecule is CC.CC.CCCN(C)Cc1ccc(-c2ccccc2)cc1. The molecule has 0 aliphatic heterocycles. The smallest absolute Gasteiger partial charge is 0.0230 e. The molecule has 0 radical (unpaired) electrons. The molecular weight excluding hydrogens is 266 g/mol. The Morgan fingerprint density at radius 2 is 1.23 bits per heavy atom. The summed E-state index contributed by atoms with van der Waals surface area (Å²) >= 11 is 0. The van der Waals surface area contributed by atoms with E-state index in [1.54, 1.807) is 0 Å². The van der Waals surface area contributed by atoms with Gasteiger partial charge in [-0.25, -0.2) is 0 Å². The van der Waals surface area contributed by atoms with Crippen LogP contribution in [0.1, 0.15) is 46.6 Å². The van der Waals surface area contributed by atoms with Gasteiger partial charge in [0.2, 0.25) is 0 Å². The molecule has 0 aliphatic carbocycles. The third-order valence-electron chi connectivity index (χ3n) is 3.12. The zero-order valence-corrected chi connectivity index (χ0v) is 15.3. The lowest BCUT2D eigenvalue weighted by molar-refractivity contribution is 0.327. The van der Waals surface area contributed by atoms with E-state index in [0.29, 0.717) is 0 Å². The van der Waals surface area contributed by atoms with Crippen molar-refractivity contribution in [1.82, 2.24) is 4.90 Å². The van der Waals surface area contributed by atoms with Crippen LogP contribution >= 0.6 is 0 Å². The Kier molecular flexibility index (Phi) is 12.1. The fraction of sp³-hybridized carbons (Fsp3) is 0.429. The first-order valence-corrected chi connectivity index (χ1v) is 8.62. The van der Waals surface area contributed by atoms with Crippen LogP contribution in [-0.4, -0.2) is 18.5 Å². The molecule has 0 aromatic heterocycles. The third-order valence-corrected chi connectivity index (χ3v) is 3.12. The minimum atomic E-state index is 1.03. The molecule has 0 bridgehead atoms. The van der Waals surface area contributed by atoms with Crippen LogP contribution in [0.3, 0.4) is 0 Å². The Bertz CT molecular complexity index is 459. The monoisotopic (exact) mass is 299 g/mol. The fourth-order valence-electron chi connectivity index (χ4n) is 2.21. The van der Waals surface area contributed by atoms with Gasteiger partial charge in [-0.15, -0.1) is 0 Å². The Balaban J connectivity index is 0.00000102. The quantitative estimate of drug-likeness (QED) is 0.631. The van der Waals surface area contributed by atoms with Gasteiger partial charge in [0.05, 0.1) is 0 Å². The zero-order chi connectivity index (χ0) is 16.8. The summed E-state index contributed by atoms with van der Waals surface area (Å²) in [6.45, 7) is 12.4. The summed E-state index contributed by atoms with van der Waals surface area (Å²) in [7, 11) is 2.18. The Morgan fingerprint density at radius 3 is 1.73 bits per heavy atom. The van der Waals surface area contributed by atoms with Crippen LogP contribution in [0.25, 0.3) is 11.1 Å². The predicted molar refractivity (Wildman–Crippen MR) is 101 cm³/mol. The van der Waals surface area contributed by atoms with E-state index in [0.717, 1.165) is 13.1 Å². The standard InChI is InChI=1S/C17H21N.2C2H6/c1-3-13-18(2)14-15-9-11-17(12-10-15)16-7-5-4-6-8-16;2*1-2/h4-12H,3,13-14H2,1-2H3;2*1-2H3. The van der Waals surface area contributed by atoms with Gasteiger partial charge in [0.1, 0.15) is 0 Å². The van der Waals surface area contributed by atoms with Crippen LogP contribution in [0.15, 0.2) is 54.6 Å². The first-order chi connectivity index (χ1) is 10.8. The number of nitrogens with zero attached hydrogens (tertiary/aromatic N) is 1. The lowest BCUT2D eigenvalue weighted by atomic mass is 10.0. The molecule has 2 aromatic rings. The van der Waals surface area contributed by atoms with Crippen molar-refractivity contribution in [3.63, 3.8) is 0 Å². The highest BCUT2D eigenvalue weighted by molar-refractivity contribution is 5.63. The van der Waals surface area contributed by atoms with E-state index in [1.165, 1.54) is 23.1 Å². The second-order valence-corrected chi connectivity index (χ2v) is 4.80. The second kappa shape index (κ2) is 13.1. The molecule has 122 valence electrons. The lowest BCUT2D eigenvalue weighted by Crippen LogP contribution is -2.18. The van der Waals surface area contributed by atoms with Gasteiger partial charge in [0.15, 0.2) is 0 Å². The van der Waals surface area contributed by atoms with Gasteiger partial charge < -0.3 is 4.90 Å². The van der Waals surface area contributed by atoms with E-state index in [1.807, 2.05) is 27.7 Å². The largest absolute Gasteiger partial charge is 0.302 e. The minimum absolute atomic E-state index is 1.03. The van der Waals surface area contributed by atoms with Gasteiger partial charge in [-0.1, -0.05) is 89.2 Å². The first-order valence-electron chi connectivity index (χ1n) is 8.62. The number of benzene rings is 2. The molecule has 1 nitrogen and oxygen atoms in total. The molecule has 0 heterocycles. The van der Waals surface area contributed by atoms with Gasteiger partial charge in [-0.3, -0.25) is 0 Å². The van der Waals surface area contributed by atoms with Gasteiger partial charge in [-0.05, 0) is 36.7 Å². The fourth-order valence-corrected chi connectivity index (χ4v) is 2.21. The highest BCUT2D eigenvalue weighted by Gasteiger charge is 2.00. The van der Waals surface area contributed by atoms with Gasteiger partial charge in [0, 0.05) is 6.54 Å². The van der Waals surface area contributed by atoms with Crippen molar-refractivity contribution in [2.24, 2.45) is 0 Å². The van der Waals surface area contributed by atoms with E-state index in [2.05, 4.69) is 73.5 Å². The van der Waals surface area contributed by atoms with E-state index in [-0.39, 0.29) is 0 Å². The molecule has 2 aromatic carbocycles. The summed E-state index contributed by atoms with van der Waals surface area (Å²) < 4.78 is 0. The van der Waals surface area contributed by atoms with Crippen molar-refractivity contribution in [2.75, 3.05) is 13.6 Å². The van der Waals surface area contributed by atoms with E-state index < -0.39 is 0 Å². The van der Waals surface area contributed by atoms with Crippen LogP contribution in [0.4, 0.5) is 0 Å². The highest BCUT2D eigenvalue weighted by atomic mass is 15.1. The molecule has 0 atom stereocenters. The maximum absolute atomic E-state index is 2.36. The van der Waals surface area contributed by atoms with Crippen LogP contribution < -0.4 is 0 Å². The van der Waals surface area contributed by atoms with Gasteiger partial charge in [0.25, 0.3) is 0 Å². The van der Waals surface area contributed by atoms with Crippen molar-refractivity contribution >= 4 is 0 Å². The normalized spacial score (nSPS) is 9.41. The molecule has 2 rings (SSSR count). The third kappa shape index (κ3) is 7.42. The Labute approximate surface area is 138 Å². The summed E-state index contributed by atoms with van der Waals surface area (Å²) in [6, 6.07) is 19.4. The molecule has 0 aliphatic rings. The predicted octanol–water partition coefficient (Wildman–Crippen LogP) is 6.25. The summed E-state index contributed by atoms with van der Waals surface area (Å²) in [6.07, 6.45) is 1.21. The van der Waals surface area contributed by atoms with Crippen molar-refractivity contribution in [1.29, 1.82) is 0 Å². The molecule has 0 unspecified atom stereocenters. The van der Waals surface area contributed by atoms with Gasteiger partial charge >= 0.3 is 0 Å². The minimum Gasteiger partial charge on any atom is -0.302 e. The van der Waals surface area contributed by atoms with E-state index in [9.17, 15) is 0 Å². The van der Waals surface area contributed by atoms with Crippen molar-refractivity contribution < 1.29 is 0 Å². The summed E-state index contributed by atoms with van der Waals surface area (Å²) in [5.74, 6) is 0. The number of rotatable bonds is 5. The van der Waals surface area contributed by atoms with E-state index >= 15 is 0 Å². The average Bonchev–Trinajstić information content (AvgIpc) is 2.60. The zero-order valence-electron chi connectivity index (χ0n) is 15.3. The summed E-state index contributed by atoms with van der Waals surface area (Å²) in [5.41, 5.74) is 3.95. The molecule has 22 heavy (non-hydrogen) atoms. The maximum atomic E-state index is 2.36. The van der Waals surface area contributed by atoms with Crippen LogP contribution in [0.5, 0.6) is 0 Å². The second-order valence-electron chi connectivity index (χ2n) is 4.80. The topological polar surface area (TPSA) is 3.24 Å². The molecule has 1 heteroatoms. The molecule has 0 saturated heterocycles. The van der Waals surface area contributed by atoms with Gasteiger partial charge in [-0.2, -0.15) is 0 Å². The summed E-state index contributed by atoms with van der Waals surface area (Å²) in [4.78, 5) is 2.36. The summed E-state index contributed by atoms with van der Waals surface area (Å²) in [5, 5.41) is 0. The lowest BCUT2D eigenvalue weighted by Gasteiger charge is -2.15. The number of hydrogen-bond acceptors (Lipinski definition) is 1. The average molecular weight is 300 g/mol. The molecule has 0 amide bonds. The first kappa shape index (κ1) is 20.4. The molecule has 0 spiro atoms. The molecule has 0 fully saturated rings. The highest BCUT2D eigenvalue weighted by Crippen LogP contribution is 2.19. The molecular formula is C21H33N. The van der Waals surface area contributed by atoms with Crippen LogP contribution in [-0.2, 0) is 6.54 Å². The van der Waals surface area contributed by atoms with Crippen molar-refractivity contribution in [2.45, 2.75) is 47.6 Å². The van der Waals surface area contributed by atoms with Crippen molar-refractivity contribution in [3.8, 4) is 11.1 Å². The Morgan fingerprint density at radius 1 is 0.727 bits per heavy atom. The molecule has 0 N–H and O–H groups in total. The van der Waals surface area contributed by atoms with Crippen LogP contribution in [0.2, 0.25) is 0 Å². The molecule has 0 saturated carbocycles. The number of hydrogen-bond donors (Lipinski definition) is 0. The Hall–Kier alpha value is -1.60. The van der Waals surface area contributed by atoms with Crippen LogP contribution in [0, 0.1) is 0 Å². The maximum Gasteiger partial charge on any atom is 0.0230 e.